The van der Waals surface area contributed by atoms with Crippen LogP contribution < -0.4 is 5.73 Å². The second kappa shape index (κ2) is 3.55. The molecule has 6 nitrogen and oxygen atoms in total. The van der Waals surface area contributed by atoms with Crippen LogP contribution in [0.2, 0.25) is 0 Å². The second-order valence-corrected chi connectivity index (χ2v) is 4.29. The average molecular weight is 250 g/mol. The van der Waals surface area contributed by atoms with E-state index in [0.29, 0.717) is 11.5 Å². The van der Waals surface area contributed by atoms with E-state index in [4.69, 9.17) is 5.73 Å². The summed E-state index contributed by atoms with van der Waals surface area (Å²) in [6.45, 7) is 0. The Bertz CT molecular complexity index is 875. The van der Waals surface area contributed by atoms with Gasteiger partial charge in [0.25, 0.3) is 0 Å². The van der Waals surface area contributed by atoms with Crippen LogP contribution >= 0.6 is 0 Å². The number of hydrogen-bond acceptors (Lipinski definition) is 4. The molecule has 0 fully saturated rings. The van der Waals surface area contributed by atoms with Crippen LogP contribution in [0, 0.1) is 0 Å². The van der Waals surface area contributed by atoms with Gasteiger partial charge < -0.3 is 5.73 Å². The van der Waals surface area contributed by atoms with Crippen molar-refractivity contribution >= 4 is 22.5 Å². The third-order valence-electron chi connectivity index (χ3n) is 3.16. The molecule has 0 aliphatic rings. The summed E-state index contributed by atoms with van der Waals surface area (Å²) >= 11 is 0. The van der Waals surface area contributed by atoms with Gasteiger partial charge in [-0.05, 0) is 18.2 Å². The highest BCUT2D eigenvalue weighted by Gasteiger charge is 2.08. The Morgan fingerprint density at radius 3 is 2.95 bits per heavy atom. The normalized spacial score (nSPS) is 11.4. The van der Waals surface area contributed by atoms with Gasteiger partial charge in [-0.2, -0.15) is 5.10 Å². The Labute approximate surface area is 107 Å². The summed E-state index contributed by atoms with van der Waals surface area (Å²) in [7, 11) is 0. The highest BCUT2D eigenvalue weighted by molar-refractivity contribution is 5.85. The lowest BCUT2D eigenvalue weighted by atomic mass is 10.1. The Morgan fingerprint density at radius 2 is 2.11 bits per heavy atom. The lowest BCUT2D eigenvalue weighted by Gasteiger charge is -2.06. The number of aromatic amines is 1. The molecule has 0 amide bonds. The zero-order chi connectivity index (χ0) is 12.8. The Balaban J connectivity index is 2.10. The molecule has 4 rings (SSSR count). The van der Waals surface area contributed by atoms with E-state index in [2.05, 4.69) is 20.2 Å². The maximum atomic E-state index is 5.89. The van der Waals surface area contributed by atoms with Crippen molar-refractivity contribution in [3.8, 4) is 11.3 Å². The SMILES string of the molecule is Nc1nc2ccc(-c3ccn[nH]3)cc2n2ccnc12. The number of nitrogens with two attached hydrogens (primary N) is 1. The summed E-state index contributed by atoms with van der Waals surface area (Å²) in [4.78, 5) is 8.58. The Morgan fingerprint density at radius 1 is 1.16 bits per heavy atom. The maximum absolute atomic E-state index is 5.89. The van der Waals surface area contributed by atoms with Gasteiger partial charge in [0.15, 0.2) is 11.5 Å². The molecule has 6 heteroatoms. The number of fused-ring (bicyclic) bond motifs is 3. The first kappa shape index (κ1) is 10.1. The summed E-state index contributed by atoms with van der Waals surface area (Å²) < 4.78 is 1.94. The standard InChI is InChI=1S/C13H10N6/c14-12-13-15-5-6-19(13)11-7-8(1-2-10(11)17-12)9-3-4-16-18-9/h1-7H,(H2,14,17)(H,16,18). The molecule has 0 aliphatic carbocycles. The van der Waals surface area contributed by atoms with Crippen molar-refractivity contribution in [3.05, 3.63) is 42.9 Å². The van der Waals surface area contributed by atoms with Gasteiger partial charge in [0.05, 0.1) is 16.7 Å². The number of nitrogens with one attached hydrogen (secondary N) is 1. The van der Waals surface area contributed by atoms with Gasteiger partial charge in [-0.3, -0.25) is 9.50 Å². The van der Waals surface area contributed by atoms with E-state index < -0.39 is 0 Å². The molecular formula is C13H10N6. The minimum atomic E-state index is 0.437. The van der Waals surface area contributed by atoms with E-state index in [1.165, 1.54) is 0 Å². The Kier molecular flexibility index (Phi) is 1.88. The first-order chi connectivity index (χ1) is 9.33. The van der Waals surface area contributed by atoms with Crippen molar-refractivity contribution in [3.63, 3.8) is 0 Å². The van der Waals surface area contributed by atoms with Gasteiger partial charge in [0, 0.05) is 24.2 Å². The largest absolute Gasteiger partial charge is 0.381 e. The number of anilines is 1. The highest BCUT2D eigenvalue weighted by atomic mass is 15.1. The highest BCUT2D eigenvalue weighted by Crippen LogP contribution is 2.24. The monoisotopic (exact) mass is 250 g/mol. The van der Waals surface area contributed by atoms with Crippen LogP contribution in [0.15, 0.2) is 42.9 Å². The van der Waals surface area contributed by atoms with Gasteiger partial charge in [-0.1, -0.05) is 6.07 Å². The smallest absolute Gasteiger partial charge is 0.180 e. The van der Waals surface area contributed by atoms with Crippen molar-refractivity contribution < 1.29 is 0 Å². The predicted octanol–water partition coefficient (Wildman–Crippen LogP) is 1.85. The summed E-state index contributed by atoms with van der Waals surface area (Å²) in [6, 6.07) is 7.91. The van der Waals surface area contributed by atoms with Crippen molar-refractivity contribution in [2.45, 2.75) is 0 Å². The molecule has 0 radical (unpaired) electrons. The van der Waals surface area contributed by atoms with E-state index in [-0.39, 0.29) is 0 Å². The zero-order valence-electron chi connectivity index (χ0n) is 9.91. The molecule has 0 spiro atoms. The molecule has 4 aromatic rings. The summed E-state index contributed by atoms with van der Waals surface area (Å²) in [5.41, 5.74) is 10.4. The van der Waals surface area contributed by atoms with Gasteiger partial charge in [-0.15, -0.1) is 0 Å². The quantitative estimate of drug-likeness (QED) is 0.540. The van der Waals surface area contributed by atoms with Crippen LogP contribution in [-0.2, 0) is 0 Å². The van der Waals surface area contributed by atoms with Crippen molar-refractivity contribution in [1.29, 1.82) is 0 Å². The van der Waals surface area contributed by atoms with Crippen LogP contribution in [0.4, 0.5) is 5.82 Å². The number of imidazole rings is 1. The van der Waals surface area contributed by atoms with E-state index in [0.717, 1.165) is 22.3 Å². The lowest BCUT2D eigenvalue weighted by Crippen LogP contribution is -1.98. The lowest BCUT2D eigenvalue weighted by molar-refractivity contribution is 1.09. The molecule has 1 aromatic carbocycles. The van der Waals surface area contributed by atoms with Crippen LogP contribution in [0.25, 0.3) is 27.9 Å². The zero-order valence-corrected chi connectivity index (χ0v) is 9.91. The van der Waals surface area contributed by atoms with Crippen LogP contribution in [-0.4, -0.2) is 24.6 Å². The first-order valence-corrected chi connectivity index (χ1v) is 5.85. The predicted molar refractivity (Wildman–Crippen MR) is 72.5 cm³/mol. The van der Waals surface area contributed by atoms with Gasteiger partial charge in [0.2, 0.25) is 0 Å². The third kappa shape index (κ3) is 1.40. The topological polar surface area (TPSA) is 84.9 Å². The van der Waals surface area contributed by atoms with Gasteiger partial charge >= 0.3 is 0 Å². The summed E-state index contributed by atoms with van der Waals surface area (Å²) in [5, 5.41) is 6.92. The number of nitrogen functional groups attached to an aromatic ring is 1. The van der Waals surface area contributed by atoms with Crippen molar-refractivity contribution in [2.24, 2.45) is 0 Å². The number of aromatic nitrogens is 5. The average Bonchev–Trinajstić information content (AvgIpc) is 3.10. The number of hydrogen-bond donors (Lipinski definition) is 2. The fraction of sp³-hybridized carbons (Fsp3) is 0. The number of H-pyrrole nitrogens is 1. The first-order valence-electron chi connectivity index (χ1n) is 5.85. The molecule has 0 saturated carbocycles. The Hall–Kier alpha value is -2.89. The van der Waals surface area contributed by atoms with Gasteiger partial charge in [0.1, 0.15) is 0 Å². The molecule has 19 heavy (non-hydrogen) atoms. The van der Waals surface area contributed by atoms with Crippen LogP contribution in [0.3, 0.4) is 0 Å². The maximum Gasteiger partial charge on any atom is 0.180 e. The van der Waals surface area contributed by atoms with Crippen molar-refractivity contribution in [2.75, 3.05) is 5.73 Å². The minimum Gasteiger partial charge on any atom is -0.381 e. The molecule has 0 aliphatic heterocycles. The van der Waals surface area contributed by atoms with Crippen LogP contribution in [0.1, 0.15) is 0 Å². The summed E-state index contributed by atoms with van der Waals surface area (Å²) in [6.07, 6.45) is 5.33. The molecule has 0 saturated heterocycles. The molecule has 92 valence electrons. The van der Waals surface area contributed by atoms with E-state index in [9.17, 15) is 0 Å². The fourth-order valence-corrected chi connectivity index (χ4v) is 2.26. The third-order valence-corrected chi connectivity index (χ3v) is 3.16. The molecule has 3 aromatic heterocycles. The van der Waals surface area contributed by atoms with E-state index >= 15 is 0 Å². The van der Waals surface area contributed by atoms with Crippen LogP contribution in [0.5, 0.6) is 0 Å². The molecular weight excluding hydrogens is 240 g/mol. The number of nitrogens with zero attached hydrogens (tertiary/aromatic N) is 4. The molecule has 3 N–H and O–H groups in total. The number of benzene rings is 1. The van der Waals surface area contributed by atoms with E-state index in [1.807, 2.05) is 34.9 Å². The van der Waals surface area contributed by atoms with Gasteiger partial charge in [-0.25, -0.2) is 9.97 Å². The summed E-state index contributed by atoms with van der Waals surface area (Å²) in [5.74, 6) is 0.437. The number of rotatable bonds is 1. The molecule has 3 heterocycles. The second-order valence-electron chi connectivity index (χ2n) is 4.29. The fourth-order valence-electron chi connectivity index (χ4n) is 2.26. The minimum absolute atomic E-state index is 0.437. The molecule has 0 unspecified atom stereocenters. The van der Waals surface area contributed by atoms with Crippen molar-refractivity contribution in [1.82, 2.24) is 24.6 Å². The molecule has 0 atom stereocenters. The molecule has 0 bridgehead atoms. The van der Waals surface area contributed by atoms with E-state index in [1.54, 1.807) is 12.4 Å².